The number of Topliss-reactive ketones (excluding diaryl/α,β-unsaturated/α-hetero) is 1. The Labute approximate surface area is 163 Å². The van der Waals surface area contributed by atoms with Gasteiger partial charge in [-0.3, -0.25) is 4.79 Å². The first-order chi connectivity index (χ1) is 13.8. The fourth-order valence-electron chi connectivity index (χ4n) is 3.97. The van der Waals surface area contributed by atoms with Gasteiger partial charge in [0.25, 0.3) is 0 Å². The second-order valence-corrected chi connectivity index (χ2v) is 7.76. The lowest BCUT2D eigenvalue weighted by Gasteiger charge is -2.30. The molecular formula is C20H14N4O3S. The van der Waals surface area contributed by atoms with Crippen molar-refractivity contribution in [2.24, 2.45) is 0 Å². The quantitative estimate of drug-likeness (QED) is 0.515. The molecule has 138 valence electrons. The van der Waals surface area contributed by atoms with Crippen molar-refractivity contribution in [3.8, 4) is 16.6 Å². The van der Waals surface area contributed by atoms with Gasteiger partial charge in [0.15, 0.2) is 17.3 Å². The first-order valence-corrected chi connectivity index (χ1v) is 9.94. The smallest absolute Gasteiger partial charge is 0.228 e. The van der Waals surface area contributed by atoms with Gasteiger partial charge in [0.1, 0.15) is 17.8 Å². The number of nitrogens with zero attached hydrogens (tertiary/aromatic N) is 4. The van der Waals surface area contributed by atoms with E-state index in [0.717, 1.165) is 23.3 Å². The van der Waals surface area contributed by atoms with Gasteiger partial charge >= 0.3 is 0 Å². The van der Waals surface area contributed by atoms with Crippen molar-refractivity contribution < 1.29 is 13.9 Å². The van der Waals surface area contributed by atoms with Crippen LogP contribution in [0.15, 0.2) is 58.0 Å². The summed E-state index contributed by atoms with van der Waals surface area (Å²) in [6, 6.07) is 7.65. The molecule has 0 N–H and O–H groups in total. The first kappa shape index (κ1) is 15.8. The Morgan fingerprint density at radius 2 is 2.18 bits per heavy atom. The van der Waals surface area contributed by atoms with Crippen LogP contribution in [0.1, 0.15) is 36.5 Å². The molecule has 7 nitrogen and oxygen atoms in total. The molecule has 0 amide bonds. The van der Waals surface area contributed by atoms with Crippen molar-refractivity contribution in [3.05, 3.63) is 64.9 Å². The fraction of sp³-hybridized carbons (Fsp3) is 0.200. The predicted octanol–water partition coefficient (Wildman–Crippen LogP) is 3.98. The summed E-state index contributed by atoms with van der Waals surface area (Å²) < 4.78 is 13.4. The van der Waals surface area contributed by atoms with Gasteiger partial charge in [-0.2, -0.15) is 0 Å². The molecule has 8 heteroatoms. The van der Waals surface area contributed by atoms with Crippen LogP contribution >= 0.6 is 11.3 Å². The Hall–Kier alpha value is -3.26. The number of thiophene rings is 1. The molecule has 4 aromatic rings. The second-order valence-electron chi connectivity index (χ2n) is 6.81. The van der Waals surface area contributed by atoms with Crippen LogP contribution in [0.5, 0.6) is 5.88 Å². The van der Waals surface area contributed by atoms with E-state index >= 15 is 0 Å². The zero-order chi connectivity index (χ0) is 18.7. The summed E-state index contributed by atoms with van der Waals surface area (Å²) in [4.78, 5) is 23.0. The molecule has 0 spiro atoms. The van der Waals surface area contributed by atoms with Crippen LogP contribution in [0, 0.1) is 0 Å². The Morgan fingerprint density at radius 3 is 3.00 bits per heavy atom. The average Bonchev–Trinajstić information content (AvgIpc) is 3.47. The molecule has 5 heterocycles. The van der Waals surface area contributed by atoms with Crippen LogP contribution < -0.4 is 4.74 Å². The highest BCUT2D eigenvalue weighted by Gasteiger charge is 2.40. The minimum Gasteiger partial charge on any atom is -0.468 e. The SMILES string of the molecule is O=C1CCCC2=C1[C@@H](c1ccco1)c1c(ncn3nc(-c4cccs4)nc13)O2. The number of allylic oxidation sites excluding steroid dienone is 2. The molecule has 0 bridgehead atoms. The highest BCUT2D eigenvalue weighted by molar-refractivity contribution is 7.13. The van der Waals surface area contributed by atoms with E-state index in [1.807, 2.05) is 29.6 Å². The summed E-state index contributed by atoms with van der Waals surface area (Å²) in [5.41, 5.74) is 2.01. The Bertz CT molecular complexity index is 1240. The number of fused-ring (bicyclic) bond motifs is 3. The van der Waals surface area contributed by atoms with Gasteiger partial charge in [0.2, 0.25) is 5.88 Å². The summed E-state index contributed by atoms with van der Waals surface area (Å²) >= 11 is 1.57. The third-order valence-electron chi connectivity index (χ3n) is 5.16. The van der Waals surface area contributed by atoms with Crippen molar-refractivity contribution >= 4 is 22.8 Å². The van der Waals surface area contributed by atoms with Crippen LogP contribution in [0.2, 0.25) is 0 Å². The summed E-state index contributed by atoms with van der Waals surface area (Å²) in [6.07, 6.45) is 5.24. The van der Waals surface area contributed by atoms with Crippen molar-refractivity contribution in [3.63, 3.8) is 0 Å². The summed E-state index contributed by atoms with van der Waals surface area (Å²) in [5.74, 6) is 2.17. The topological polar surface area (TPSA) is 82.5 Å². The molecule has 1 atom stereocenters. The van der Waals surface area contributed by atoms with Crippen LogP contribution in [0.25, 0.3) is 16.3 Å². The van der Waals surface area contributed by atoms with Gasteiger partial charge in [-0.15, -0.1) is 16.4 Å². The summed E-state index contributed by atoms with van der Waals surface area (Å²) in [7, 11) is 0. The van der Waals surface area contributed by atoms with E-state index in [0.29, 0.717) is 40.9 Å². The number of aromatic nitrogens is 4. The maximum absolute atomic E-state index is 12.8. The number of carbonyl (C=O) groups is 1. The van der Waals surface area contributed by atoms with Crippen molar-refractivity contribution in [2.75, 3.05) is 0 Å². The van der Waals surface area contributed by atoms with Crippen LogP contribution in [0.4, 0.5) is 0 Å². The molecule has 0 saturated carbocycles. The van der Waals surface area contributed by atoms with E-state index in [1.165, 1.54) is 0 Å². The van der Waals surface area contributed by atoms with Crippen LogP contribution in [-0.2, 0) is 4.79 Å². The minimum absolute atomic E-state index is 0.0910. The van der Waals surface area contributed by atoms with E-state index in [4.69, 9.17) is 14.1 Å². The maximum Gasteiger partial charge on any atom is 0.228 e. The molecule has 4 aromatic heterocycles. The highest BCUT2D eigenvalue weighted by Crippen LogP contribution is 2.47. The zero-order valence-corrected chi connectivity index (χ0v) is 15.5. The molecule has 0 fully saturated rings. The number of rotatable bonds is 2. The Kier molecular flexibility index (Phi) is 3.30. The monoisotopic (exact) mass is 390 g/mol. The molecule has 0 aromatic carbocycles. The molecular weight excluding hydrogens is 376 g/mol. The van der Waals surface area contributed by atoms with Crippen LogP contribution in [0.3, 0.4) is 0 Å². The maximum atomic E-state index is 12.8. The molecule has 1 aliphatic carbocycles. The lowest BCUT2D eigenvalue weighted by atomic mass is 9.80. The molecule has 0 unspecified atom stereocenters. The molecule has 6 rings (SSSR count). The van der Waals surface area contributed by atoms with Crippen LogP contribution in [-0.4, -0.2) is 25.4 Å². The number of ketones is 1. The molecule has 2 aliphatic rings. The van der Waals surface area contributed by atoms with Gasteiger partial charge in [-0.1, -0.05) is 6.07 Å². The van der Waals surface area contributed by atoms with Crippen molar-refractivity contribution in [2.45, 2.75) is 25.2 Å². The lowest BCUT2D eigenvalue weighted by Crippen LogP contribution is -2.26. The number of ether oxygens (including phenoxy) is 1. The predicted molar refractivity (Wildman–Crippen MR) is 101 cm³/mol. The molecule has 1 aliphatic heterocycles. The van der Waals surface area contributed by atoms with Gasteiger partial charge < -0.3 is 9.15 Å². The van der Waals surface area contributed by atoms with E-state index in [2.05, 4.69) is 10.1 Å². The van der Waals surface area contributed by atoms with E-state index in [-0.39, 0.29) is 5.78 Å². The normalized spacial score (nSPS) is 18.9. The molecule has 28 heavy (non-hydrogen) atoms. The Balaban J connectivity index is 1.63. The summed E-state index contributed by atoms with van der Waals surface area (Å²) in [6.45, 7) is 0. The number of hydrogen-bond donors (Lipinski definition) is 0. The van der Waals surface area contributed by atoms with Gasteiger partial charge in [0, 0.05) is 18.4 Å². The second kappa shape index (κ2) is 5.87. The number of hydrogen-bond acceptors (Lipinski definition) is 7. The standard InChI is InChI=1S/C20H14N4O3S/c25-11-4-1-5-13-15(11)16(12-6-2-8-26-12)17-19-22-18(14-7-3-9-28-14)23-24(19)10-21-20(17)27-13/h2-3,6-10,16H,1,4-5H2/t16-/m1/s1. The van der Waals surface area contributed by atoms with Gasteiger partial charge in [-0.05, 0) is 30.0 Å². The van der Waals surface area contributed by atoms with Gasteiger partial charge in [-0.25, -0.2) is 14.5 Å². The van der Waals surface area contributed by atoms with E-state index in [1.54, 1.807) is 28.4 Å². The number of carbonyl (C=O) groups excluding carboxylic acids is 1. The van der Waals surface area contributed by atoms with Gasteiger partial charge in [0.05, 0.1) is 22.6 Å². The first-order valence-electron chi connectivity index (χ1n) is 9.06. The number of furan rings is 1. The Morgan fingerprint density at radius 1 is 1.21 bits per heavy atom. The molecule has 0 radical (unpaired) electrons. The van der Waals surface area contributed by atoms with Crippen molar-refractivity contribution in [1.82, 2.24) is 19.6 Å². The van der Waals surface area contributed by atoms with E-state index in [9.17, 15) is 4.79 Å². The lowest BCUT2D eigenvalue weighted by molar-refractivity contribution is -0.116. The minimum atomic E-state index is -0.391. The third-order valence-corrected chi connectivity index (χ3v) is 6.03. The van der Waals surface area contributed by atoms with Crippen molar-refractivity contribution in [1.29, 1.82) is 0 Å². The largest absolute Gasteiger partial charge is 0.468 e. The zero-order valence-electron chi connectivity index (χ0n) is 14.7. The highest BCUT2D eigenvalue weighted by atomic mass is 32.1. The fourth-order valence-corrected chi connectivity index (χ4v) is 4.62. The molecule has 0 saturated heterocycles. The average molecular weight is 390 g/mol. The van der Waals surface area contributed by atoms with E-state index < -0.39 is 5.92 Å². The third kappa shape index (κ3) is 2.21. The summed E-state index contributed by atoms with van der Waals surface area (Å²) in [5, 5.41) is 6.56.